The average Bonchev–Trinajstić information content (AvgIpc) is 2.26. The van der Waals surface area contributed by atoms with Gasteiger partial charge in [0.05, 0.1) is 0 Å². The molecule has 1 aromatic rings. The Morgan fingerprint density at radius 2 is 1.86 bits per heavy atom. The maximum Gasteiger partial charge on any atom is 0.162 e. The highest BCUT2D eigenvalue weighted by Gasteiger charge is 2.01. The highest BCUT2D eigenvalue weighted by molar-refractivity contribution is 5.96. The fourth-order valence-corrected chi connectivity index (χ4v) is 1.25. The molecule has 0 saturated heterocycles. The van der Waals surface area contributed by atoms with Gasteiger partial charge in [-0.2, -0.15) is 0 Å². The third-order valence-corrected chi connectivity index (χ3v) is 2.11. The van der Waals surface area contributed by atoms with E-state index in [0.29, 0.717) is 6.42 Å². The highest BCUT2D eigenvalue weighted by atomic mass is 16.1. The molecule has 14 heavy (non-hydrogen) atoms. The minimum Gasteiger partial charge on any atom is -0.385 e. The van der Waals surface area contributed by atoms with Crippen molar-refractivity contribution >= 4 is 11.5 Å². The molecule has 0 aliphatic carbocycles. The van der Waals surface area contributed by atoms with Gasteiger partial charge in [-0.3, -0.25) is 4.79 Å². The van der Waals surface area contributed by atoms with Gasteiger partial charge in [-0.15, -0.1) is 0 Å². The van der Waals surface area contributed by atoms with Gasteiger partial charge in [-0.1, -0.05) is 13.8 Å². The number of benzene rings is 1. The molecule has 0 unspecified atom stereocenters. The van der Waals surface area contributed by atoms with Gasteiger partial charge in [0.2, 0.25) is 0 Å². The fourth-order valence-electron chi connectivity index (χ4n) is 1.25. The summed E-state index contributed by atoms with van der Waals surface area (Å²) in [6, 6.07) is 7.67. The summed E-state index contributed by atoms with van der Waals surface area (Å²) in [5.74, 6) is 0.201. The van der Waals surface area contributed by atoms with E-state index in [1.165, 1.54) is 0 Å². The van der Waals surface area contributed by atoms with Crippen LogP contribution in [0.4, 0.5) is 5.69 Å². The second kappa shape index (κ2) is 5.43. The largest absolute Gasteiger partial charge is 0.385 e. The number of hydrogen-bond donors (Lipinski definition) is 1. The Morgan fingerprint density at radius 3 is 2.36 bits per heavy atom. The summed E-state index contributed by atoms with van der Waals surface area (Å²) in [6.07, 6.45) is 1.68. The molecule has 0 amide bonds. The molecule has 0 aliphatic heterocycles. The molecule has 0 heterocycles. The predicted octanol–water partition coefficient (Wildman–Crippen LogP) is 3.10. The van der Waals surface area contributed by atoms with Crippen molar-refractivity contribution in [1.82, 2.24) is 0 Å². The van der Waals surface area contributed by atoms with Gasteiger partial charge in [-0.25, -0.2) is 0 Å². The maximum absolute atomic E-state index is 11.3. The number of carbonyl (C=O) groups excluding carboxylic acids is 1. The highest BCUT2D eigenvalue weighted by Crippen LogP contribution is 2.10. The first-order valence-electron chi connectivity index (χ1n) is 5.15. The van der Waals surface area contributed by atoms with Crippen molar-refractivity contribution in [2.24, 2.45) is 0 Å². The second-order valence-electron chi connectivity index (χ2n) is 3.28. The molecule has 0 aromatic heterocycles. The Kier molecular flexibility index (Phi) is 4.17. The van der Waals surface area contributed by atoms with E-state index in [4.69, 9.17) is 0 Å². The van der Waals surface area contributed by atoms with Crippen molar-refractivity contribution in [2.75, 3.05) is 11.9 Å². The van der Waals surface area contributed by atoms with Gasteiger partial charge in [0.1, 0.15) is 0 Å². The molecule has 0 fully saturated rings. The Morgan fingerprint density at radius 1 is 1.21 bits per heavy atom. The van der Waals surface area contributed by atoms with Crippen molar-refractivity contribution < 1.29 is 4.79 Å². The zero-order valence-electron chi connectivity index (χ0n) is 8.84. The molecule has 1 rings (SSSR count). The van der Waals surface area contributed by atoms with Crippen LogP contribution in [0.2, 0.25) is 0 Å². The van der Waals surface area contributed by atoms with E-state index in [-0.39, 0.29) is 5.78 Å². The Bertz CT molecular complexity index is 290. The van der Waals surface area contributed by atoms with E-state index >= 15 is 0 Å². The van der Waals surface area contributed by atoms with Gasteiger partial charge in [0.25, 0.3) is 0 Å². The van der Waals surface area contributed by atoms with Crippen LogP contribution in [0.1, 0.15) is 37.0 Å². The van der Waals surface area contributed by atoms with Crippen molar-refractivity contribution in [1.29, 1.82) is 0 Å². The lowest BCUT2D eigenvalue weighted by Gasteiger charge is -2.04. The molecule has 0 aliphatic rings. The fraction of sp³-hybridized carbons (Fsp3) is 0.417. The lowest BCUT2D eigenvalue weighted by molar-refractivity contribution is 0.0988. The number of anilines is 1. The standard InChI is InChI=1S/C12H17NO/c1-3-9-13-11-7-5-10(6-8-11)12(14)4-2/h5-8,13H,3-4,9H2,1-2H3. The summed E-state index contributed by atoms with van der Waals surface area (Å²) in [6.45, 7) is 4.98. The first-order chi connectivity index (χ1) is 6.77. The second-order valence-corrected chi connectivity index (χ2v) is 3.28. The normalized spacial score (nSPS) is 9.86. The molecule has 2 heteroatoms. The Balaban J connectivity index is 2.63. The van der Waals surface area contributed by atoms with E-state index in [0.717, 1.165) is 24.2 Å². The number of Topliss-reactive ketones (excluding diaryl/α,β-unsaturated/α-hetero) is 1. The van der Waals surface area contributed by atoms with Gasteiger partial charge in [0.15, 0.2) is 5.78 Å². The first-order valence-corrected chi connectivity index (χ1v) is 5.15. The van der Waals surface area contributed by atoms with Crippen LogP contribution in [-0.2, 0) is 0 Å². The third-order valence-electron chi connectivity index (χ3n) is 2.11. The number of hydrogen-bond acceptors (Lipinski definition) is 2. The average molecular weight is 191 g/mol. The van der Waals surface area contributed by atoms with Gasteiger partial charge < -0.3 is 5.32 Å². The van der Waals surface area contributed by atoms with Crippen LogP contribution >= 0.6 is 0 Å². The molecule has 0 radical (unpaired) electrons. The summed E-state index contributed by atoms with van der Waals surface area (Å²) in [5.41, 5.74) is 1.88. The third kappa shape index (κ3) is 2.87. The van der Waals surface area contributed by atoms with E-state index in [1.54, 1.807) is 0 Å². The molecule has 1 aromatic carbocycles. The van der Waals surface area contributed by atoms with E-state index in [2.05, 4.69) is 12.2 Å². The smallest absolute Gasteiger partial charge is 0.162 e. The summed E-state index contributed by atoms with van der Waals surface area (Å²) < 4.78 is 0. The van der Waals surface area contributed by atoms with Gasteiger partial charge in [0, 0.05) is 24.2 Å². The number of carbonyl (C=O) groups is 1. The minimum atomic E-state index is 0.201. The van der Waals surface area contributed by atoms with Crippen LogP contribution in [0.25, 0.3) is 0 Å². The van der Waals surface area contributed by atoms with Gasteiger partial charge in [-0.05, 0) is 30.7 Å². The zero-order chi connectivity index (χ0) is 10.4. The van der Waals surface area contributed by atoms with Crippen LogP contribution < -0.4 is 5.32 Å². The molecule has 0 spiro atoms. The lowest BCUT2D eigenvalue weighted by atomic mass is 10.1. The molecular weight excluding hydrogens is 174 g/mol. The van der Waals surface area contributed by atoms with Crippen LogP contribution in [0.5, 0.6) is 0 Å². The topological polar surface area (TPSA) is 29.1 Å². The number of nitrogens with one attached hydrogen (secondary N) is 1. The Labute approximate surface area is 85.3 Å². The van der Waals surface area contributed by atoms with E-state index in [9.17, 15) is 4.79 Å². The monoisotopic (exact) mass is 191 g/mol. The number of rotatable bonds is 5. The minimum absolute atomic E-state index is 0.201. The predicted molar refractivity (Wildman–Crippen MR) is 59.8 cm³/mol. The quantitative estimate of drug-likeness (QED) is 0.724. The molecule has 0 atom stereocenters. The summed E-state index contributed by atoms with van der Waals surface area (Å²) >= 11 is 0. The maximum atomic E-state index is 11.3. The molecule has 1 N–H and O–H groups in total. The van der Waals surface area contributed by atoms with Crippen LogP contribution in [-0.4, -0.2) is 12.3 Å². The zero-order valence-corrected chi connectivity index (χ0v) is 8.84. The summed E-state index contributed by atoms with van der Waals surface area (Å²) in [7, 11) is 0. The molecule has 0 saturated carbocycles. The van der Waals surface area contributed by atoms with Crippen LogP contribution in [0, 0.1) is 0 Å². The van der Waals surface area contributed by atoms with Crippen LogP contribution in [0.15, 0.2) is 24.3 Å². The molecule has 2 nitrogen and oxygen atoms in total. The van der Waals surface area contributed by atoms with Crippen molar-refractivity contribution in [3.63, 3.8) is 0 Å². The summed E-state index contributed by atoms with van der Waals surface area (Å²) in [4.78, 5) is 11.3. The first kappa shape index (κ1) is 10.8. The summed E-state index contributed by atoms with van der Waals surface area (Å²) in [5, 5.41) is 3.27. The molecular formula is C12H17NO. The number of ketones is 1. The SMILES string of the molecule is CCCNc1ccc(C(=O)CC)cc1. The van der Waals surface area contributed by atoms with E-state index < -0.39 is 0 Å². The van der Waals surface area contributed by atoms with Gasteiger partial charge >= 0.3 is 0 Å². The van der Waals surface area contributed by atoms with Crippen LogP contribution in [0.3, 0.4) is 0 Å². The van der Waals surface area contributed by atoms with E-state index in [1.807, 2.05) is 31.2 Å². The van der Waals surface area contributed by atoms with Crippen molar-refractivity contribution in [3.8, 4) is 0 Å². The lowest BCUT2D eigenvalue weighted by Crippen LogP contribution is -2.01. The van der Waals surface area contributed by atoms with Crippen molar-refractivity contribution in [2.45, 2.75) is 26.7 Å². The molecule has 0 bridgehead atoms. The molecule has 76 valence electrons. The Hall–Kier alpha value is -1.31. The van der Waals surface area contributed by atoms with Crippen molar-refractivity contribution in [3.05, 3.63) is 29.8 Å².